The quantitative estimate of drug-likeness (QED) is 0.230. The summed E-state index contributed by atoms with van der Waals surface area (Å²) in [6.45, 7) is 0. The first-order valence-corrected chi connectivity index (χ1v) is 11.8. The van der Waals surface area contributed by atoms with Gasteiger partial charge in [0, 0.05) is 75.9 Å². The lowest BCUT2D eigenvalue weighted by Gasteiger charge is -2.08. The largest absolute Gasteiger partial charge is 0.299 e. The summed E-state index contributed by atoms with van der Waals surface area (Å²) in [5.74, 6) is 0. The van der Waals surface area contributed by atoms with Gasteiger partial charge in [0.05, 0.1) is 5.52 Å². The highest BCUT2D eigenvalue weighted by molar-refractivity contribution is 7.30. The van der Waals surface area contributed by atoms with Gasteiger partial charge in [0.25, 0.3) is 0 Å². The van der Waals surface area contributed by atoms with E-state index in [4.69, 9.17) is 0 Å². The van der Waals surface area contributed by atoms with Crippen LogP contribution in [-0.2, 0) is 0 Å². The summed E-state index contributed by atoms with van der Waals surface area (Å²) in [6, 6.07) is 20.0. The van der Waals surface area contributed by atoms with E-state index in [0.29, 0.717) is 0 Å². The molecule has 5 aromatic heterocycles. The van der Waals surface area contributed by atoms with E-state index in [1.807, 2.05) is 47.5 Å². The highest BCUT2D eigenvalue weighted by atomic mass is 32.1. The second kappa shape index (κ2) is 5.58. The van der Waals surface area contributed by atoms with Crippen molar-refractivity contribution in [1.82, 2.24) is 14.4 Å². The Labute approximate surface area is 183 Å². The second-order valence-corrected chi connectivity index (χ2v) is 10.00. The summed E-state index contributed by atoms with van der Waals surface area (Å²) in [7, 11) is 0. The van der Waals surface area contributed by atoms with Gasteiger partial charge in [0.2, 0.25) is 0 Å². The van der Waals surface area contributed by atoms with Crippen LogP contribution in [0.5, 0.6) is 0 Å². The van der Waals surface area contributed by atoms with E-state index >= 15 is 0 Å². The van der Waals surface area contributed by atoms with Crippen molar-refractivity contribution in [3.05, 3.63) is 79.4 Å². The molecule has 3 aromatic carbocycles. The maximum absolute atomic E-state index is 4.62. The van der Waals surface area contributed by atoms with Gasteiger partial charge in [-0.2, -0.15) is 0 Å². The number of imidazole rings is 1. The highest BCUT2D eigenvalue weighted by Gasteiger charge is 2.17. The Hall–Kier alpha value is -3.54. The maximum Gasteiger partial charge on any atom is 0.146 e. The first-order chi connectivity index (χ1) is 15.4. The smallest absolute Gasteiger partial charge is 0.146 e. The van der Waals surface area contributed by atoms with Crippen LogP contribution in [0.1, 0.15) is 0 Å². The number of aromatic nitrogens is 3. The molecule has 5 heterocycles. The van der Waals surface area contributed by atoms with E-state index in [1.54, 1.807) is 0 Å². The molecule has 31 heavy (non-hydrogen) atoms. The third-order valence-electron chi connectivity index (χ3n) is 6.36. The van der Waals surface area contributed by atoms with Crippen LogP contribution in [0.3, 0.4) is 0 Å². The van der Waals surface area contributed by atoms with Crippen LogP contribution < -0.4 is 0 Å². The molecule has 0 aliphatic carbocycles. The van der Waals surface area contributed by atoms with Gasteiger partial charge in [-0.3, -0.25) is 9.38 Å². The molecular formula is C26H13N3S2. The molecule has 0 saturated carbocycles. The zero-order valence-electron chi connectivity index (χ0n) is 16.2. The van der Waals surface area contributed by atoms with Crippen molar-refractivity contribution < 1.29 is 0 Å². The van der Waals surface area contributed by atoms with Crippen molar-refractivity contribution >= 4 is 90.3 Å². The van der Waals surface area contributed by atoms with Crippen molar-refractivity contribution in [1.29, 1.82) is 0 Å². The number of hydrogen-bond donors (Lipinski definition) is 0. The molecule has 0 amide bonds. The Bertz CT molecular complexity index is 2010. The SMILES string of the molecule is c1ccc2c(c1)sc1ccc3c4ccc5c(c6ccncc6c6nccn56)c4sc3c12. The van der Waals surface area contributed by atoms with Crippen LogP contribution in [0.25, 0.3) is 67.7 Å². The third-order valence-corrected chi connectivity index (χ3v) is 8.75. The zero-order valence-corrected chi connectivity index (χ0v) is 17.8. The summed E-state index contributed by atoms with van der Waals surface area (Å²) in [4.78, 5) is 9.01. The zero-order chi connectivity index (χ0) is 20.1. The predicted octanol–water partition coefficient (Wildman–Crippen LogP) is 7.77. The molecule has 8 rings (SSSR count). The lowest BCUT2D eigenvalue weighted by molar-refractivity contribution is 1.27. The fraction of sp³-hybridized carbons (Fsp3) is 0. The topological polar surface area (TPSA) is 30.2 Å². The van der Waals surface area contributed by atoms with Gasteiger partial charge in [-0.15, -0.1) is 22.7 Å². The minimum absolute atomic E-state index is 0.960. The molecule has 8 aromatic rings. The molecular weight excluding hydrogens is 418 g/mol. The summed E-state index contributed by atoms with van der Waals surface area (Å²) >= 11 is 3.80. The van der Waals surface area contributed by atoms with Crippen LogP contribution >= 0.6 is 22.7 Å². The lowest BCUT2D eigenvalue weighted by atomic mass is 10.0. The van der Waals surface area contributed by atoms with Crippen LogP contribution in [0, 0.1) is 0 Å². The number of fused-ring (bicyclic) bond motifs is 14. The van der Waals surface area contributed by atoms with Gasteiger partial charge in [-0.05, 0) is 29.7 Å². The normalized spacial score (nSPS) is 12.5. The van der Waals surface area contributed by atoms with Crippen molar-refractivity contribution in [2.24, 2.45) is 0 Å². The summed E-state index contributed by atoms with van der Waals surface area (Å²) in [6.07, 6.45) is 7.75. The predicted molar refractivity (Wildman–Crippen MR) is 134 cm³/mol. The molecule has 0 saturated heterocycles. The lowest BCUT2D eigenvalue weighted by Crippen LogP contribution is -1.91. The molecule has 0 atom stereocenters. The van der Waals surface area contributed by atoms with Crippen molar-refractivity contribution in [3.63, 3.8) is 0 Å². The van der Waals surface area contributed by atoms with E-state index in [2.05, 4.69) is 69.0 Å². The molecule has 5 heteroatoms. The van der Waals surface area contributed by atoms with Crippen LogP contribution in [0.2, 0.25) is 0 Å². The average molecular weight is 432 g/mol. The highest BCUT2D eigenvalue weighted by Crippen LogP contribution is 2.47. The van der Waals surface area contributed by atoms with E-state index in [1.165, 1.54) is 56.6 Å². The summed E-state index contributed by atoms with van der Waals surface area (Å²) < 4.78 is 7.62. The average Bonchev–Trinajstić information content (AvgIpc) is 3.53. The van der Waals surface area contributed by atoms with Gasteiger partial charge >= 0.3 is 0 Å². The van der Waals surface area contributed by atoms with E-state index < -0.39 is 0 Å². The Kier molecular flexibility index (Phi) is 2.91. The van der Waals surface area contributed by atoms with Crippen molar-refractivity contribution in [2.75, 3.05) is 0 Å². The van der Waals surface area contributed by atoms with E-state index in [9.17, 15) is 0 Å². The van der Waals surface area contributed by atoms with Crippen LogP contribution in [0.4, 0.5) is 0 Å². The summed E-state index contributed by atoms with van der Waals surface area (Å²) in [5.41, 5.74) is 2.15. The maximum atomic E-state index is 4.62. The molecule has 0 unspecified atom stereocenters. The third kappa shape index (κ3) is 1.93. The molecule has 0 radical (unpaired) electrons. The van der Waals surface area contributed by atoms with Crippen molar-refractivity contribution in [3.8, 4) is 0 Å². The first-order valence-electron chi connectivity index (χ1n) is 10.2. The molecule has 0 N–H and O–H groups in total. The van der Waals surface area contributed by atoms with Crippen LogP contribution in [-0.4, -0.2) is 14.4 Å². The molecule has 0 aliphatic heterocycles. The number of hydrogen-bond acceptors (Lipinski definition) is 4. The number of nitrogens with zero attached hydrogens (tertiary/aromatic N) is 3. The fourth-order valence-corrected chi connectivity index (χ4v) is 7.64. The van der Waals surface area contributed by atoms with E-state index in [-0.39, 0.29) is 0 Å². The fourth-order valence-electron chi connectivity index (χ4n) is 5.04. The number of pyridine rings is 2. The van der Waals surface area contributed by atoms with Gasteiger partial charge in [-0.1, -0.05) is 30.3 Å². The van der Waals surface area contributed by atoms with Gasteiger partial charge < -0.3 is 0 Å². The molecule has 0 aliphatic rings. The molecule has 0 bridgehead atoms. The number of rotatable bonds is 0. The Morgan fingerprint density at radius 2 is 1.52 bits per heavy atom. The van der Waals surface area contributed by atoms with Crippen LogP contribution in [0.15, 0.2) is 79.4 Å². The Morgan fingerprint density at radius 1 is 0.645 bits per heavy atom. The molecule has 144 valence electrons. The number of thiophene rings is 2. The minimum Gasteiger partial charge on any atom is -0.299 e. The van der Waals surface area contributed by atoms with Crippen molar-refractivity contribution in [2.45, 2.75) is 0 Å². The monoisotopic (exact) mass is 431 g/mol. The first kappa shape index (κ1) is 16.2. The standard InChI is InChI=1S/C26H13N3S2/c1-2-4-20-17(3-1)23-21(30-20)8-6-16-15-5-7-19-22(24(15)31-25(16)23)14-9-10-27-13-18(14)26-28-11-12-29(19)26/h1-13H. The van der Waals surface area contributed by atoms with E-state index in [0.717, 1.165) is 11.0 Å². The summed E-state index contributed by atoms with van der Waals surface area (Å²) in [5, 5.41) is 9.00. The minimum atomic E-state index is 0.960. The van der Waals surface area contributed by atoms with Gasteiger partial charge in [0.15, 0.2) is 0 Å². The molecule has 0 spiro atoms. The Morgan fingerprint density at radius 3 is 2.48 bits per heavy atom. The second-order valence-electron chi connectivity index (χ2n) is 7.89. The Balaban J connectivity index is 1.69. The van der Waals surface area contributed by atoms with Gasteiger partial charge in [0.1, 0.15) is 5.65 Å². The van der Waals surface area contributed by atoms with Gasteiger partial charge in [-0.25, -0.2) is 4.98 Å². The molecule has 3 nitrogen and oxygen atoms in total. The number of benzene rings is 3. The molecule has 0 fully saturated rings.